The van der Waals surface area contributed by atoms with Crippen molar-refractivity contribution in [2.45, 2.75) is 39.7 Å². The van der Waals surface area contributed by atoms with Crippen molar-refractivity contribution in [1.29, 1.82) is 0 Å². The molecule has 0 fully saturated rings. The number of esters is 1. The Morgan fingerprint density at radius 2 is 2.00 bits per heavy atom. The van der Waals surface area contributed by atoms with E-state index in [-0.39, 0.29) is 11.9 Å². The van der Waals surface area contributed by atoms with Crippen molar-refractivity contribution in [3.63, 3.8) is 0 Å². The lowest BCUT2D eigenvalue weighted by Crippen LogP contribution is -2.35. The number of nitrogens with zero attached hydrogens (tertiary/aromatic N) is 1. The normalized spacial score (nSPS) is 11.6. The SMILES string of the molecule is CCCC(C)NC(=S)Nc1sc(C(=O)N(C)C)c(C)c1C(=O)OC. The standard InChI is InChI=1S/C16H25N3O3S2/c1-7-8-9(2)17-16(23)18-13-11(15(21)22-6)10(3)12(24-13)14(20)19(4)5/h9H,7-8H2,1-6H3,(H2,17,18,23). The van der Waals surface area contributed by atoms with Crippen LogP contribution in [0.3, 0.4) is 0 Å². The predicted octanol–water partition coefficient (Wildman–Crippen LogP) is 3.02. The van der Waals surface area contributed by atoms with Gasteiger partial charge in [0.05, 0.1) is 17.6 Å². The maximum atomic E-state index is 12.3. The fourth-order valence-electron chi connectivity index (χ4n) is 2.22. The summed E-state index contributed by atoms with van der Waals surface area (Å²) in [5.74, 6) is -0.651. The van der Waals surface area contributed by atoms with Gasteiger partial charge in [-0.1, -0.05) is 13.3 Å². The Balaban J connectivity index is 3.12. The molecular weight excluding hydrogens is 346 g/mol. The molecule has 1 atom stereocenters. The van der Waals surface area contributed by atoms with E-state index in [0.717, 1.165) is 12.8 Å². The van der Waals surface area contributed by atoms with Gasteiger partial charge in [0.1, 0.15) is 5.00 Å². The van der Waals surface area contributed by atoms with Crippen molar-refractivity contribution in [2.75, 3.05) is 26.5 Å². The minimum Gasteiger partial charge on any atom is -0.465 e. The summed E-state index contributed by atoms with van der Waals surface area (Å²) >= 11 is 6.52. The molecule has 0 spiro atoms. The Morgan fingerprint density at radius 3 is 2.50 bits per heavy atom. The third kappa shape index (κ3) is 4.91. The first-order valence-corrected chi connectivity index (χ1v) is 8.96. The van der Waals surface area contributed by atoms with Crippen molar-refractivity contribution in [1.82, 2.24) is 10.2 Å². The molecule has 0 aliphatic carbocycles. The molecule has 6 nitrogen and oxygen atoms in total. The monoisotopic (exact) mass is 371 g/mol. The number of ether oxygens (including phenoxy) is 1. The van der Waals surface area contributed by atoms with Crippen LogP contribution in [0.15, 0.2) is 0 Å². The van der Waals surface area contributed by atoms with E-state index in [1.54, 1.807) is 21.0 Å². The summed E-state index contributed by atoms with van der Waals surface area (Å²) in [6.07, 6.45) is 2.03. The van der Waals surface area contributed by atoms with Gasteiger partial charge in [-0.3, -0.25) is 4.79 Å². The lowest BCUT2D eigenvalue weighted by atomic mass is 10.1. The molecule has 1 heterocycles. The average molecular weight is 372 g/mol. The molecule has 24 heavy (non-hydrogen) atoms. The fourth-order valence-corrected chi connectivity index (χ4v) is 3.81. The van der Waals surface area contributed by atoms with Crippen LogP contribution in [0.1, 0.15) is 52.3 Å². The third-order valence-corrected chi connectivity index (χ3v) is 4.88. The number of hydrogen-bond donors (Lipinski definition) is 2. The second-order valence-corrected chi connectivity index (χ2v) is 7.17. The number of nitrogens with one attached hydrogen (secondary N) is 2. The molecule has 8 heteroatoms. The molecule has 1 amide bonds. The molecule has 1 rings (SSSR count). The number of thiocarbonyl (C=S) groups is 1. The number of amides is 1. The second kappa shape index (κ2) is 8.98. The van der Waals surface area contributed by atoms with E-state index in [1.165, 1.54) is 23.3 Å². The molecule has 0 saturated heterocycles. The summed E-state index contributed by atoms with van der Waals surface area (Å²) in [7, 11) is 4.66. The predicted molar refractivity (Wildman–Crippen MR) is 102 cm³/mol. The van der Waals surface area contributed by atoms with E-state index in [9.17, 15) is 9.59 Å². The van der Waals surface area contributed by atoms with Gasteiger partial charge in [-0.05, 0) is 38.0 Å². The zero-order chi connectivity index (χ0) is 18.4. The Kier molecular flexibility index (Phi) is 7.62. The number of carbonyl (C=O) groups is 2. The topological polar surface area (TPSA) is 70.7 Å². The van der Waals surface area contributed by atoms with Gasteiger partial charge in [0.15, 0.2) is 5.11 Å². The molecule has 134 valence electrons. The van der Waals surface area contributed by atoms with E-state index in [2.05, 4.69) is 17.6 Å². The third-order valence-electron chi connectivity index (χ3n) is 3.46. The summed E-state index contributed by atoms with van der Waals surface area (Å²) in [6, 6.07) is 0.223. The van der Waals surface area contributed by atoms with Gasteiger partial charge < -0.3 is 20.3 Å². The minimum atomic E-state index is -0.492. The summed E-state index contributed by atoms with van der Waals surface area (Å²) in [5.41, 5.74) is 0.942. The van der Waals surface area contributed by atoms with Crippen LogP contribution in [0.25, 0.3) is 0 Å². The van der Waals surface area contributed by atoms with E-state index < -0.39 is 5.97 Å². The molecule has 1 aromatic rings. The van der Waals surface area contributed by atoms with E-state index in [4.69, 9.17) is 17.0 Å². The molecular formula is C16H25N3O3S2. The summed E-state index contributed by atoms with van der Waals surface area (Å²) in [4.78, 5) is 26.4. The Labute approximate surface area is 152 Å². The Hall–Kier alpha value is -1.67. The summed E-state index contributed by atoms with van der Waals surface area (Å²) in [6.45, 7) is 5.88. The van der Waals surface area contributed by atoms with E-state index >= 15 is 0 Å². The lowest BCUT2D eigenvalue weighted by Gasteiger charge is -2.16. The Morgan fingerprint density at radius 1 is 1.38 bits per heavy atom. The fraction of sp³-hybridized carbons (Fsp3) is 0.562. The van der Waals surface area contributed by atoms with Gasteiger partial charge in [-0.15, -0.1) is 11.3 Å². The highest BCUT2D eigenvalue weighted by Gasteiger charge is 2.26. The average Bonchev–Trinajstić information content (AvgIpc) is 2.81. The van der Waals surface area contributed by atoms with Crippen molar-refractivity contribution in [2.24, 2.45) is 0 Å². The molecule has 0 aliphatic rings. The van der Waals surface area contributed by atoms with Crippen LogP contribution in [0.2, 0.25) is 0 Å². The van der Waals surface area contributed by atoms with Crippen LogP contribution in [0.4, 0.5) is 5.00 Å². The number of thiophene rings is 1. The van der Waals surface area contributed by atoms with Crippen molar-refractivity contribution in [3.8, 4) is 0 Å². The van der Waals surface area contributed by atoms with Crippen LogP contribution in [-0.2, 0) is 4.74 Å². The van der Waals surface area contributed by atoms with Gasteiger partial charge in [0.2, 0.25) is 0 Å². The highest BCUT2D eigenvalue weighted by Crippen LogP contribution is 2.34. The number of anilines is 1. The van der Waals surface area contributed by atoms with Crippen molar-refractivity contribution in [3.05, 3.63) is 16.0 Å². The molecule has 2 N–H and O–H groups in total. The molecule has 1 aromatic heterocycles. The highest BCUT2D eigenvalue weighted by atomic mass is 32.1. The lowest BCUT2D eigenvalue weighted by molar-refractivity contribution is 0.0601. The van der Waals surface area contributed by atoms with Crippen molar-refractivity contribution >= 4 is 45.5 Å². The number of methoxy groups -OCH3 is 1. The zero-order valence-corrected chi connectivity index (χ0v) is 16.6. The van der Waals surface area contributed by atoms with Crippen LogP contribution in [-0.4, -0.2) is 49.1 Å². The molecule has 0 aliphatic heterocycles. The van der Waals surface area contributed by atoms with Gasteiger partial charge in [-0.2, -0.15) is 0 Å². The second-order valence-electron chi connectivity index (χ2n) is 5.74. The van der Waals surface area contributed by atoms with Crippen LogP contribution in [0.5, 0.6) is 0 Å². The maximum Gasteiger partial charge on any atom is 0.341 e. The number of hydrogen-bond acceptors (Lipinski definition) is 5. The molecule has 0 aromatic carbocycles. The van der Waals surface area contributed by atoms with E-state index in [1.807, 2.05) is 6.92 Å². The van der Waals surface area contributed by atoms with Gasteiger partial charge in [0, 0.05) is 20.1 Å². The molecule has 1 unspecified atom stereocenters. The van der Waals surface area contributed by atoms with Gasteiger partial charge >= 0.3 is 5.97 Å². The summed E-state index contributed by atoms with van der Waals surface area (Å²) in [5, 5.41) is 7.15. The van der Waals surface area contributed by atoms with Crippen molar-refractivity contribution < 1.29 is 14.3 Å². The first-order valence-electron chi connectivity index (χ1n) is 7.73. The van der Waals surface area contributed by atoms with E-state index in [0.29, 0.717) is 26.1 Å². The minimum absolute atomic E-state index is 0.158. The quantitative estimate of drug-likeness (QED) is 0.592. The van der Waals surface area contributed by atoms with Crippen LogP contribution >= 0.6 is 23.6 Å². The smallest absolute Gasteiger partial charge is 0.341 e. The number of rotatable bonds is 6. The largest absolute Gasteiger partial charge is 0.465 e. The Bertz CT molecular complexity index is 626. The van der Waals surface area contributed by atoms with Crippen LogP contribution in [0, 0.1) is 6.92 Å². The first kappa shape index (κ1) is 20.4. The first-order chi connectivity index (χ1) is 11.2. The molecule has 0 bridgehead atoms. The zero-order valence-electron chi connectivity index (χ0n) is 15.0. The van der Waals surface area contributed by atoms with Gasteiger partial charge in [0.25, 0.3) is 5.91 Å². The number of carbonyl (C=O) groups excluding carboxylic acids is 2. The van der Waals surface area contributed by atoms with Gasteiger partial charge in [-0.25, -0.2) is 4.79 Å². The van der Waals surface area contributed by atoms with Crippen LogP contribution < -0.4 is 10.6 Å². The summed E-state index contributed by atoms with van der Waals surface area (Å²) < 4.78 is 4.85. The molecule has 0 radical (unpaired) electrons. The maximum absolute atomic E-state index is 12.3. The highest BCUT2D eigenvalue weighted by molar-refractivity contribution is 7.80. The molecule has 0 saturated carbocycles.